The third-order valence-corrected chi connectivity index (χ3v) is 3.40. The van der Waals surface area contributed by atoms with Crippen LogP contribution in [0.3, 0.4) is 0 Å². The number of hydrogen-bond donors (Lipinski definition) is 1. The molecule has 0 radical (unpaired) electrons. The Morgan fingerprint density at radius 3 is 2.38 bits per heavy atom. The lowest BCUT2D eigenvalue weighted by Gasteiger charge is -2.34. The largest absolute Gasteiger partial charge is 0.379 e. The van der Waals surface area contributed by atoms with Crippen LogP contribution in [-0.2, 0) is 17.4 Å². The van der Waals surface area contributed by atoms with Gasteiger partial charge < -0.3 is 14.4 Å². The molecule has 2 heterocycles. The molecule has 1 fully saturated rings. The predicted molar refractivity (Wildman–Crippen MR) is 61.0 cm³/mol. The number of aromatic nitrogens is 2. The van der Waals surface area contributed by atoms with Crippen LogP contribution in [0, 0.1) is 0 Å². The minimum Gasteiger partial charge on any atom is -0.379 e. The molecule has 1 aromatic rings. The lowest BCUT2D eigenvalue weighted by Crippen LogP contribution is -2.45. The first-order valence-corrected chi connectivity index (χ1v) is 5.58. The van der Waals surface area contributed by atoms with Crippen molar-refractivity contribution < 1.29 is 9.84 Å². The number of rotatable bonds is 1. The van der Waals surface area contributed by atoms with E-state index in [0.29, 0.717) is 12.2 Å². The molecule has 1 unspecified atom stereocenters. The molecule has 2 rings (SSSR count). The van der Waals surface area contributed by atoms with Gasteiger partial charge in [0, 0.05) is 25.9 Å². The maximum atomic E-state index is 10.9. The van der Waals surface area contributed by atoms with Crippen LogP contribution in [0.4, 0.5) is 0 Å². The van der Waals surface area contributed by atoms with E-state index >= 15 is 0 Å². The smallest absolute Gasteiger partial charge is 0.153 e. The fourth-order valence-electron chi connectivity index (χ4n) is 2.75. The van der Waals surface area contributed by atoms with Gasteiger partial charge in [-0.2, -0.15) is 0 Å². The highest BCUT2D eigenvalue weighted by atomic mass is 16.5. The average molecular weight is 224 g/mol. The van der Waals surface area contributed by atoms with E-state index in [4.69, 9.17) is 4.74 Å². The van der Waals surface area contributed by atoms with Crippen LogP contribution in [0.2, 0.25) is 0 Å². The lowest BCUT2D eigenvalue weighted by atomic mass is 9.81. The Hall–Kier alpha value is -0.870. The molecule has 16 heavy (non-hydrogen) atoms. The van der Waals surface area contributed by atoms with Crippen LogP contribution >= 0.6 is 0 Å². The Bertz CT molecular complexity index is 409. The summed E-state index contributed by atoms with van der Waals surface area (Å²) in [4.78, 5) is 4.26. The van der Waals surface area contributed by atoms with Crippen molar-refractivity contribution in [2.45, 2.75) is 50.9 Å². The molecule has 1 N–H and O–H groups in total. The molecule has 1 saturated heterocycles. The Morgan fingerprint density at radius 1 is 1.38 bits per heavy atom. The third kappa shape index (κ3) is 1.48. The number of aryl methyl sites for hydroxylation is 1. The van der Waals surface area contributed by atoms with E-state index in [9.17, 15) is 5.11 Å². The lowest BCUT2D eigenvalue weighted by molar-refractivity contribution is -0.133. The molecule has 4 nitrogen and oxygen atoms in total. The second-order valence-corrected chi connectivity index (χ2v) is 5.77. The molecule has 1 atom stereocenters. The van der Waals surface area contributed by atoms with Gasteiger partial charge in [0.1, 0.15) is 5.82 Å². The first-order chi connectivity index (χ1) is 7.18. The number of hydrogen-bond acceptors (Lipinski definition) is 3. The van der Waals surface area contributed by atoms with Crippen molar-refractivity contribution >= 4 is 0 Å². The Balaban J connectivity index is 2.50. The molecule has 0 aromatic carbocycles. The summed E-state index contributed by atoms with van der Waals surface area (Å²) in [6, 6.07) is 0. The van der Waals surface area contributed by atoms with E-state index in [-0.39, 0.29) is 5.60 Å². The van der Waals surface area contributed by atoms with Crippen LogP contribution in [0.1, 0.15) is 39.9 Å². The molecular weight excluding hydrogens is 204 g/mol. The maximum Gasteiger partial charge on any atom is 0.153 e. The van der Waals surface area contributed by atoms with Gasteiger partial charge in [-0.25, -0.2) is 4.98 Å². The average Bonchev–Trinajstić information content (AvgIpc) is 2.53. The highest BCUT2D eigenvalue weighted by molar-refractivity contribution is 5.17. The highest BCUT2D eigenvalue weighted by Crippen LogP contribution is 2.50. The monoisotopic (exact) mass is 224 g/mol. The molecule has 0 bridgehead atoms. The van der Waals surface area contributed by atoms with Crippen LogP contribution < -0.4 is 0 Å². The molecule has 1 aliphatic heterocycles. The fourth-order valence-corrected chi connectivity index (χ4v) is 2.75. The highest BCUT2D eigenvalue weighted by Gasteiger charge is 2.59. The van der Waals surface area contributed by atoms with Gasteiger partial charge in [0.25, 0.3) is 0 Å². The maximum absolute atomic E-state index is 10.9. The number of aliphatic hydroxyl groups is 1. The summed E-state index contributed by atoms with van der Waals surface area (Å²) < 4.78 is 7.78. The van der Waals surface area contributed by atoms with E-state index in [1.54, 1.807) is 6.20 Å². The SMILES string of the molecule is Cn1ccnc1C1(O)CC(C)(C)OC1(C)C. The minimum atomic E-state index is -1.03. The summed E-state index contributed by atoms with van der Waals surface area (Å²) in [5.41, 5.74) is -1.99. The number of nitrogens with zero attached hydrogens (tertiary/aromatic N) is 2. The van der Waals surface area contributed by atoms with Crippen LogP contribution in [0.5, 0.6) is 0 Å². The zero-order valence-corrected chi connectivity index (χ0v) is 10.6. The van der Waals surface area contributed by atoms with Gasteiger partial charge in [0.15, 0.2) is 5.60 Å². The van der Waals surface area contributed by atoms with Crippen molar-refractivity contribution in [2.75, 3.05) is 0 Å². The van der Waals surface area contributed by atoms with Crippen LogP contribution in [0.15, 0.2) is 12.4 Å². The second-order valence-electron chi connectivity index (χ2n) is 5.77. The second kappa shape index (κ2) is 3.08. The third-order valence-electron chi connectivity index (χ3n) is 3.40. The van der Waals surface area contributed by atoms with Gasteiger partial charge in [-0.05, 0) is 27.7 Å². The molecule has 0 amide bonds. The van der Waals surface area contributed by atoms with E-state index < -0.39 is 11.2 Å². The van der Waals surface area contributed by atoms with E-state index in [1.165, 1.54) is 0 Å². The molecule has 0 spiro atoms. The standard InChI is InChI=1S/C12H20N2O2/c1-10(2)8-12(15,11(3,4)16-10)9-13-6-7-14(9)5/h6-7,15H,8H2,1-5H3. The van der Waals surface area contributed by atoms with Gasteiger partial charge >= 0.3 is 0 Å². The topological polar surface area (TPSA) is 47.3 Å². The van der Waals surface area contributed by atoms with E-state index in [2.05, 4.69) is 4.98 Å². The van der Waals surface area contributed by atoms with E-state index in [1.807, 2.05) is 45.5 Å². The molecular formula is C12H20N2O2. The summed E-state index contributed by atoms with van der Waals surface area (Å²) in [5.74, 6) is 0.670. The molecule has 1 aliphatic rings. The first kappa shape index (κ1) is 11.6. The zero-order chi connectivity index (χ0) is 12.2. The van der Waals surface area contributed by atoms with E-state index in [0.717, 1.165) is 0 Å². The summed E-state index contributed by atoms with van der Waals surface area (Å²) >= 11 is 0. The van der Waals surface area contributed by atoms with Crippen LogP contribution in [-0.4, -0.2) is 25.9 Å². The Labute approximate surface area is 96.3 Å². The quantitative estimate of drug-likeness (QED) is 0.788. The van der Waals surface area contributed by atoms with Crippen LogP contribution in [0.25, 0.3) is 0 Å². The van der Waals surface area contributed by atoms with Gasteiger partial charge in [-0.1, -0.05) is 0 Å². The Morgan fingerprint density at radius 2 is 2.00 bits per heavy atom. The summed E-state index contributed by atoms with van der Waals surface area (Å²) in [6.45, 7) is 7.82. The van der Waals surface area contributed by atoms with Gasteiger partial charge in [0.05, 0.1) is 11.2 Å². The van der Waals surface area contributed by atoms with Crippen molar-refractivity contribution in [1.29, 1.82) is 0 Å². The van der Waals surface area contributed by atoms with Gasteiger partial charge in [-0.15, -0.1) is 0 Å². The van der Waals surface area contributed by atoms with Crippen molar-refractivity contribution in [3.63, 3.8) is 0 Å². The zero-order valence-electron chi connectivity index (χ0n) is 10.6. The number of ether oxygens (including phenoxy) is 1. The predicted octanol–water partition coefficient (Wildman–Crippen LogP) is 1.59. The summed E-state index contributed by atoms with van der Waals surface area (Å²) in [7, 11) is 1.89. The minimum absolute atomic E-state index is 0.329. The molecule has 90 valence electrons. The van der Waals surface area contributed by atoms with Crippen molar-refractivity contribution in [3.8, 4) is 0 Å². The van der Waals surface area contributed by atoms with Crippen molar-refractivity contribution in [3.05, 3.63) is 18.2 Å². The molecule has 0 aliphatic carbocycles. The van der Waals surface area contributed by atoms with Gasteiger partial charge in [0.2, 0.25) is 0 Å². The van der Waals surface area contributed by atoms with Crippen molar-refractivity contribution in [1.82, 2.24) is 9.55 Å². The summed E-state index contributed by atoms with van der Waals surface area (Å²) in [6.07, 6.45) is 4.10. The van der Waals surface area contributed by atoms with Gasteiger partial charge in [-0.3, -0.25) is 0 Å². The molecule has 0 saturated carbocycles. The summed E-state index contributed by atoms with van der Waals surface area (Å²) in [5, 5.41) is 10.9. The number of imidazole rings is 1. The molecule has 1 aromatic heterocycles. The fraction of sp³-hybridized carbons (Fsp3) is 0.750. The normalized spacial score (nSPS) is 31.9. The Kier molecular flexibility index (Phi) is 2.23. The first-order valence-electron chi connectivity index (χ1n) is 5.58. The molecule has 4 heteroatoms. The van der Waals surface area contributed by atoms with Crippen molar-refractivity contribution in [2.24, 2.45) is 7.05 Å².